The highest BCUT2D eigenvalue weighted by atomic mass is 32.1. The second-order valence-corrected chi connectivity index (χ2v) is 7.13. The van der Waals surface area contributed by atoms with E-state index < -0.39 is 0 Å². The molecule has 1 aliphatic rings. The second kappa shape index (κ2) is 6.63. The minimum Gasteiger partial charge on any atom is -0.367 e. The fourth-order valence-corrected chi connectivity index (χ4v) is 3.52. The Balaban J connectivity index is 1.63. The van der Waals surface area contributed by atoms with Gasteiger partial charge in [0.05, 0.1) is 6.54 Å². The van der Waals surface area contributed by atoms with Crippen molar-refractivity contribution in [1.82, 2.24) is 5.32 Å². The van der Waals surface area contributed by atoms with Crippen LogP contribution in [0.5, 0.6) is 0 Å². The first kappa shape index (κ1) is 14.6. The summed E-state index contributed by atoms with van der Waals surface area (Å²) in [5.74, 6) is 0. The molecule has 0 amide bonds. The van der Waals surface area contributed by atoms with Crippen molar-refractivity contribution in [2.24, 2.45) is 0 Å². The zero-order valence-electron chi connectivity index (χ0n) is 12.9. The highest BCUT2D eigenvalue weighted by molar-refractivity contribution is 7.12. The van der Waals surface area contributed by atoms with E-state index in [1.54, 1.807) is 0 Å². The van der Waals surface area contributed by atoms with E-state index in [0.717, 1.165) is 25.7 Å². The Bertz CT molecular complexity index is 586. The topological polar surface area (TPSA) is 15.3 Å². The smallest absolute Gasteiger partial charge is 0.0522 e. The summed E-state index contributed by atoms with van der Waals surface area (Å²) >= 11 is 1.94. The van der Waals surface area contributed by atoms with E-state index in [9.17, 15) is 0 Å². The van der Waals surface area contributed by atoms with Crippen molar-refractivity contribution in [3.05, 3.63) is 51.7 Å². The Kier molecular flexibility index (Phi) is 4.61. The van der Waals surface area contributed by atoms with E-state index in [-0.39, 0.29) is 0 Å². The zero-order chi connectivity index (χ0) is 14.7. The molecule has 112 valence electrons. The van der Waals surface area contributed by atoms with Gasteiger partial charge in [0.2, 0.25) is 0 Å². The Hall–Kier alpha value is -1.32. The molecule has 1 aromatic heterocycles. The lowest BCUT2D eigenvalue weighted by molar-refractivity contribution is 0.695. The fourth-order valence-electron chi connectivity index (χ4n) is 2.53. The van der Waals surface area contributed by atoms with Gasteiger partial charge in [-0.15, -0.1) is 11.3 Å². The lowest BCUT2D eigenvalue weighted by atomic mass is 10.2. The molecule has 0 aliphatic heterocycles. The first-order valence-corrected chi connectivity index (χ1v) is 8.69. The number of hydrogen-bond donors (Lipinski definition) is 1. The minimum absolute atomic E-state index is 0.787. The van der Waals surface area contributed by atoms with Gasteiger partial charge in [0, 0.05) is 34.6 Å². The quantitative estimate of drug-likeness (QED) is 0.818. The maximum atomic E-state index is 3.59. The van der Waals surface area contributed by atoms with Crippen LogP contribution in [0.4, 0.5) is 5.69 Å². The van der Waals surface area contributed by atoms with Gasteiger partial charge in [0.25, 0.3) is 0 Å². The van der Waals surface area contributed by atoms with Crippen molar-refractivity contribution in [2.45, 2.75) is 45.8 Å². The molecule has 2 nitrogen and oxygen atoms in total. The molecule has 2 aromatic rings. The molecule has 1 heterocycles. The number of nitrogens with one attached hydrogen (secondary N) is 1. The van der Waals surface area contributed by atoms with Gasteiger partial charge in [-0.05, 0) is 56.5 Å². The van der Waals surface area contributed by atoms with Gasteiger partial charge in [-0.1, -0.05) is 12.1 Å². The number of anilines is 1. The van der Waals surface area contributed by atoms with Crippen molar-refractivity contribution in [3.63, 3.8) is 0 Å². The minimum atomic E-state index is 0.787. The monoisotopic (exact) mass is 300 g/mol. The van der Waals surface area contributed by atoms with E-state index in [2.05, 4.69) is 60.5 Å². The molecule has 0 radical (unpaired) electrons. The largest absolute Gasteiger partial charge is 0.367 e. The maximum Gasteiger partial charge on any atom is 0.0522 e. The van der Waals surface area contributed by atoms with Crippen LogP contribution < -0.4 is 10.2 Å². The van der Waals surface area contributed by atoms with Gasteiger partial charge in [-0.2, -0.15) is 0 Å². The predicted octanol–water partition coefficient (Wildman–Crippen LogP) is 4.34. The molecule has 3 rings (SSSR count). The summed E-state index contributed by atoms with van der Waals surface area (Å²) < 4.78 is 0. The lowest BCUT2D eigenvalue weighted by Crippen LogP contribution is -2.21. The lowest BCUT2D eigenvalue weighted by Gasteiger charge is -2.22. The van der Waals surface area contributed by atoms with Gasteiger partial charge < -0.3 is 10.2 Å². The second-order valence-electron chi connectivity index (χ2n) is 5.88. The van der Waals surface area contributed by atoms with E-state index in [1.807, 2.05) is 11.3 Å². The fraction of sp³-hybridized carbons (Fsp3) is 0.444. The summed E-state index contributed by atoms with van der Waals surface area (Å²) in [6, 6.07) is 14.1. The molecule has 0 spiro atoms. The third-order valence-electron chi connectivity index (χ3n) is 3.95. The van der Waals surface area contributed by atoms with Gasteiger partial charge in [-0.3, -0.25) is 0 Å². The molecule has 0 atom stereocenters. The number of aryl methyl sites for hydroxylation is 1. The normalized spacial score (nSPS) is 14.4. The highest BCUT2D eigenvalue weighted by Crippen LogP contribution is 2.24. The van der Waals surface area contributed by atoms with Gasteiger partial charge in [0.1, 0.15) is 0 Å². The zero-order valence-corrected chi connectivity index (χ0v) is 13.7. The average Bonchev–Trinajstić information content (AvgIpc) is 3.21. The van der Waals surface area contributed by atoms with Crippen molar-refractivity contribution < 1.29 is 0 Å². The van der Waals surface area contributed by atoms with E-state index >= 15 is 0 Å². The molecule has 1 N–H and O–H groups in total. The van der Waals surface area contributed by atoms with Crippen LogP contribution in [0, 0.1) is 6.92 Å². The van der Waals surface area contributed by atoms with Crippen LogP contribution in [0.15, 0.2) is 36.4 Å². The van der Waals surface area contributed by atoms with Crippen molar-refractivity contribution in [1.29, 1.82) is 0 Å². The molecular weight excluding hydrogens is 276 g/mol. The molecule has 21 heavy (non-hydrogen) atoms. The van der Waals surface area contributed by atoms with Crippen LogP contribution in [0.1, 0.15) is 35.1 Å². The van der Waals surface area contributed by atoms with Crippen molar-refractivity contribution in [2.75, 3.05) is 11.4 Å². The standard InChI is InChI=1S/C18H24N2S/c1-3-20(16-6-4-5-14(2)11-16)13-18-10-9-17(21-18)12-19-15-7-8-15/h4-6,9-11,15,19H,3,7-8,12-13H2,1-2H3. The summed E-state index contributed by atoms with van der Waals surface area (Å²) in [5.41, 5.74) is 2.65. The summed E-state index contributed by atoms with van der Waals surface area (Å²) in [4.78, 5) is 5.35. The number of rotatable bonds is 7. The summed E-state index contributed by atoms with van der Waals surface area (Å²) in [6.45, 7) is 7.46. The van der Waals surface area contributed by atoms with E-state index in [0.29, 0.717) is 0 Å². The van der Waals surface area contributed by atoms with Crippen molar-refractivity contribution >= 4 is 17.0 Å². The first-order chi connectivity index (χ1) is 10.2. The summed E-state index contributed by atoms with van der Waals surface area (Å²) in [6.07, 6.45) is 2.71. The molecule has 1 aromatic carbocycles. The molecule has 3 heteroatoms. The van der Waals surface area contributed by atoms with Crippen LogP contribution >= 0.6 is 11.3 Å². The van der Waals surface area contributed by atoms with Crippen LogP contribution in [-0.2, 0) is 13.1 Å². The van der Waals surface area contributed by atoms with E-state index in [1.165, 1.54) is 33.8 Å². The first-order valence-electron chi connectivity index (χ1n) is 7.87. The Labute approximate surface area is 131 Å². The predicted molar refractivity (Wildman–Crippen MR) is 92.1 cm³/mol. The van der Waals surface area contributed by atoms with Crippen LogP contribution in [0.25, 0.3) is 0 Å². The highest BCUT2D eigenvalue weighted by Gasteiger charge is 2.20. The van der Waals surface area contributed by atoms with Crippen molar-refractivity contribution in [3.8, 4) is 0 Å². The molecule has 1 saturated carbocycles. The Morgan fingerprint density at radius 1 is 1.19 bits per heavy atom. The Morgan fingerprint density at radius 2 is 2.00 bits per heavy atom. The molecule has 0 bridgehead atoms. The molecular formula is C18H24N2S. The van der Waals surface area contributed by atoms with Gasteiger partial charge >= 0.3 is 0 Å². The summed E-state index contributed by atoms with van der Waals surface area (Å²) in [7, 11) is 0. The maximum absolute atomic E-state index is 3.59. The van der Waals surface area contributed by atoms with Crippen LogP contribution in [0.2, 0.25) is 0 Å². The molecule has 1 fully saturated rings. The molecule has 1 aliphatic carbocycles. The number of hydrogen-bond acceptors (Lipinski definition) is 3. The third kappa shape index (κ3) is 4.08. The van der Waals surface area contributed by atoms with Gasteiger partial charge in [-0.25, -0.2) is 0 Å². The number of nitrogens with zero attached hydrogens (tertiary/aromatic N) is 1. The SMILES string of the molecule is CCN(Cc1ccc(CNC2CC2)s1)c1cccc(C)c1. The summed E-state index contributed by atoms with van der Waals surface area (Å²) in [5, 5.41) is 3.59. The average molecular weight is 300 g/mol. The van der Waals surface area contributed by atoms with Crippen LogP contribution in [-0.4, -0.2) is 12.6 Å². The number of benzene rings is 1. The van der Waals surface area contributed by atoms with Gasteiger partial charge in [0.15, 0.2) is 0 Å². The molecule has 0 unspecified atom stereocenters. The number of thiophene rings is 1. The Morgan fingerprint density at radius 3 is 2.71 bits per heavy atom. The van der Waals surface area contributed by atoms with Crippen LogP contribution in [0.3, 0.4) is 0 Å². The van der Waals surface area contributed by atoms with E-state index in [4.69, 9.17) is 0 Å². The third-order valence-corrected chi connectivity index (χ3v) is 5.02. The molecule has 0 saturated heterocycles.